The van der Waals surface area contributed by atoms with Gasteiger partial charge in [0.1, 0.15) is 11.7 Å². The second-order valence-electron chi connectivity index (χ2n) is 12.2. The molecule has 1 N–H and O–H groups in total. The summed E-state index contributed by atoms with van der Waals surface area (Å²) in [5, 5.41) is 3.64. The van der Waals surface area contributed by atoms with Crippen molar-refractivity contribution >= 4 is 45.0 Å². The lowest BCUT2D eigenvalue weighted by Gasteiger charge is -2.48. The van der Waals surface area contributed by atoms with E-state index >= 15 is 0 Å². The number of sulfone groups is 1. The summed E-state index contributed by atoms with van der Waals surface area (Å²) in [4.78, 5) is 28.3. The number of benzene rings is 2. The molecule has 1 saturated heterocycles. The van der Waals surface area contributed by atoms with Crippen LogP contribution in [0.2, 0.25) is 10.0 Å². The highest BCUT2D eigenvalue weighted by atomic mass is 35.5. The summed E-state index contributed by atoms with van der Waals surface area (Å²) < 4.78 is 37.6. The number of halogens is 2. The van der Waals surface area contributed by atoms with E-state index in [4.69, 9.17) is 32.7 Å². The number of nitrogens with zero attached hydrogens (tertiary/aromatic N) is 1. The monoisotopic (exact) mass is 626 g/mol. The van der Waals surface area contributed by atoms with E-state index in [0.717, 1.165) is 5.56 Å². The van der Waals surface area contributed by atoms with Gasteiger partial charge in [-0.2, -0.15) is 0 Å². The molecule has 1 heterocycles. The van der Waals surface area contributed by atoms with Crippen LogP contribution >= 0.6 is 23.2 Å². The molecular formula is C30H40Cl2N2O6S. The Morgan fingerprint density at radius 3 is 2.20 bits per heavy atom. The van der Waals surface area contributed by atoms with E-state index < -0.39 is 56.5 Å². The second kappa shape index (κ2) is 12.9. The van der Waals surface area contributed by atoms with E-state index in [0.29, 0.717) is 22.0 Å². The molecule has 0 saturated carbocycles. The number of hydrogen-bond acceptors (Lipinski definition) is 6. The summed E-state index contributed by atoms with van der Waals surface area (Å²) in [5.74, 6) is -0.674. The Balaban J connectivity index is 2.14. The molecule has 11 heteroatoms. The van der Waals surface area contributed by atoms with E-state index in [9.17, 15) is 18.0 Å². The van der Waals surface area contributed by atoms with Crippen LogP contribution in [0.25, 0.3) is 0 Å². The summed E-state index contributed by atoms with van der Waals surface area (Å²) in [5.41, 5.74) is 0.689. The summed E-state index contributed by atoms with van der Waals surface area (Å²) >= 11 is 12.6. The van der Waals surface area contributed by atoms with Crippen LogP contribution in [-0.2, 0) is 24.1 Å². The fourth-order valence-electron chi connectivity index (χ4n) is 4.63. The first-order chi connectivity index (χ1) is 18.9. The van der Waals surface area contributed by atoms with Crippen molar-refractivity contribution in [3.8, 4) is 0 Å². The minimum atomic E-state index is -3.61. The average molecular weight is 628 g/mol. The van der Waals surface area contributed by atoms with Gasteiger partial charge in [-0.1, -0.05) is 54.4 Å². The number of carbonyl (C=O) groups excluding carboxylic acids is 2. The fourth-order valence-corrected chi connectivity index (χ4v) is 6.36. The zero-order valence-electron chi connectivity index (χ0n) is 24.6. The molecule has 226 valence electrons. The maximum atomic E-state index is 14.2. The molecule has 41 heavy (non-hydrogen) atoms. The smallest absolute Gasteiger partial charge is 0.407 e. The first-order valence-corrected chi connectivity index (χ1v) is 16.0. The van der Waals surface area contributed by atoms with Crippen LogP contribution in [0.3, 0.4) is 0 Å². The molecule has 2 aromatic carbocycles. The van der Waals surface area contributed by atoms with Crippen LogP contribution in [0.4, 0.5) is 4.79 Å². The topological polar surface area (TPSA) is 102 Å². The Labute approximate surface area is 253 Å². The van der Waals surface area contributed by atoms with Crippen molar-refractivity contribution in [1.82, 2.24) is 10.2 Å². The van der Waals surface area contributed by atoms with Crippen LogP contribution in [0.5, 0.6) is 0 Å². The molecule has 0 radical (unpaired) electrons. The van der Waals surface area contributed by atoms with Gasteiger partial charge in [0.25, 0.3) is 5.91 Å². The standard InChI is InChI=1S/C30H40Cl2N2O6S/c1-8-23(18-41(37,38)30(5,6)7)34-25(19-12-14-21(31)15-13-19)26(20-10-9-11-22(32)16-20)39-24(27(34)35)17-33-28(36)40-29(2,3)4/h9-16,23-26H,8,17-18H2,1-7H3,(H,33,36)/t23-,24+,25+,26+/m0/s1. The Morgan fingerprint density at radius 2 is 1.66 bits per heavy atom. The largest absolute Gasteiger partial charge is 0.444 e. The van der Waals surface area contributed by atoms with Crippen molar-refractivity contribution in [2.75, 3.05) is 12.3 Å². The molecule has 4 atom stereocenters. The van der Waals surface area contributed by atoms with Gasteiger partial charge in [0, 0.05) is 16.1 Å². The molecule has 2 amide bonds. The third kappa shape index (κ3) is 8.37. The van der Waals surface area contributed by atoms with Crippen molar-refractivity contribution in [3.05, 3.63) is 69.7 Å². The predicted octanol–water partition coefficient (Wildman–Crippen LogP) is 6.52. The average Bonchev–Trinajstić information content (AvgIpc) is 2.85. The third-order valence-electron chi connectivity index (χ3n) is 6.86. The highest BCUT2D eigenvalue weighted by Crippen LogP contribution is 2.44. The molecule has 1 aliphatic heterocycles. The van der Waals surface area contributed by atoms with Crippen molar-refractivity contribution in [2.45, 2.75) is 89.5 Å². The normalized spacial score (nSPS) is 21.0. The molecule has 1 fully saturated rings. The second-order valence-corrected chi connectivity index (χ2v) is 15.8. The van der Waals surface area contributed by atoms with Crippen LogP contribution in [0.1, 0.15) is 78.2 Å². The molecule has 0 aliphatic carbocycles. The Morgan fingerprint density at radius 1 is 1.02 bits per heavy atom. The Bertz CT molecular complexity index is 1340. The van der Waals surface area contributed by atoms with E-state index in [2.05, 4.69) is 5.32 Å². The van der Waals surface area contributed by atoms with Gasteiger partial charge in [-0.15, -0.1) is 0 Å². The van der Waals surface area contributed by atoms with Crippen LogP contribution in [0.15, 0.2) is 48.5 Å². The summed E-state index contributed by atoms with van der Waals surface area (Å²) in [6, 6.07) is 12.8. The minimum absolute atomic E-state index is 0.170. The molecule has 2 aromatic rings. The summed E-state index contributed by atoms with van der Waals surface area (Å²) in [6.07, 6.45) is -2.16. The Kier molecular flexibility index (Phi) is 10.4. The zero-order chi connectivity index (χ0) is 30.8. The quantitative estimate of drug-likeness (QED) is 0.358. The number of amides is 2. The SMILES string of the molecule is CC[C@@H](CS(=O)(=O)C(C)(C)C)N1C(=O)[C@@H](CNC(=O)OC(C)(C)C)O[C@H](c2cccc(Cl)c2)[C@H]1c1ccc(Cl)cc1. The molecular weight excluding hydrogens is 587 g/mol. The van der Waals surface area contributed by atoms with Gasteiger partial charge in [0.15, 0.2) is 15.9 Å². The number of morpholine rings is 1. The molecule has 0 unspecified atom stereocenters. The highest BCUT2D eigenvalue weighted by molar-refractivity contribution is 7.92. The molecule has 0 aromatic heterocycles. The van der Waals surface area contributed by atoms with Crippen molar-refractivity contribution in [1.29, 1.82) is 0 Å². The van der Waals surface area contributed by atoms with Crippen molar-refractivity contribution in [2.24, 2.45) is 0 Å². The number of alkyl carbamates (subject to hydrolysis) is 1. The predicted molar refractivity (Wildman–Crippen MR) is 162 cm³/mol. The molecule has 0 bridgehead atoms. The van der Waals surface area contributed by atoms with Gasteiger partial charge >= 0.3 is 6.09 Å². The first kappa shape index (κ1) is 33.2. The van der Waals surface area contributed by atoms with Gasteiger partial charge in [0.2, 0.25) is 0 Å². The highest BCUT2D eigenvalue weighted by Gasteiger charge is 2.48. The van der Waals surface area contributed by atoms with E-state index in [1.807, 2.05) is 13.0 Å². The lowest BCUT2D eigenvalue weighted by atomic mass is 9.90. The number of ether oxygens (including phenoxy) is 2. The number of carbonyl (C=O) groups is 2. The van der Waals surface area contributed by atoms with Crippen LogP contribution in [0, 0.1) is 0 Å². The summed E-state index contributed by atoms with van der Waals surface area (Å²) in [6.45, 7) is 11.8. The molecule has 8 nitrogen and oxygen atoms in total. The van der Waals surface area contributed by atoms with Gasteiger partial charge in [-0.05, 0) is 83.4 Å². The van der Waals surface area contributed by atoms with Gasteiger partial charge < -0.3 is 19.7 Å². The molecule has 0 spiro atoms. The lowest BCUT2D eigenvalue weighted by molar-refractivity contribution is -0.177. The minimum Gasteiger partial charge on any atom is -0.444 e. The van der Waals surface area contributed by atoms with E-state index in [1.54, 1.807) is 88.9 Å². The van der Waals surface area contributed by atoms with Crippen LogP contribution < -0.4 is 5.32 Å². The van der Waals surface area contributed by atoms with E-state index in [1.165, 1.54) is 0 Å². The van der Waals surface area contributed by atoms with Crippen molar-refractivity contribution < 1.29 is 27.5 Å². The van der Waals surface area contributed by atoms with Gasteiger partial charge in [-0.25, -0.2) is 13.2 Å². The molecule has 3 rings (SSSR count). The maximum Gasteiger partial charge on any atom is 0.407 e. The maximum absolute atomic E-state index is 14.2. The first-order valence-electron chi connectivity index (χ1n) is 13.6. The Hall–Kier alpha value is -2.33. The van der Waals surface area contributed by atoms with Crippen LogP contribution in [-0.4, -0.2) is 60.1 Å². The third-order valence-corrected chi connectivity index (χ3v) is 10.0. The number of rotatable bonds is 8. The molecule has 1 aliphatic rings. The number of hydrogen-bond donors (Lipinski definition) is 1. The number of nitrogens with one attached hydrogen (secondary N) is 1. The van der Waals surface area contributed by atoms with Gasteiger partial charge in [-0.3, -0.25) is 4.79 Å². The zero-order valence-corrected chi connectivity index (χ0v) is 26.9. The van der Waals surface area contributed by atoms with Crippen molar-refractivity contribution in [3.63, 3.8) is 0 Å². The lowest BCUT2D eigenvalue weighted by Crippen LogP contribution is -2.59. The van der Waals surface area contributed by atoms with E-state index in [-0.39, 0.29) is 12.3 Å². The summed E-state index contributed by atoms with van der Waals surface area (Å²) in [7, 11) is -3.61. The van der Waals surface area contributed by atoms with Gasteiger partial charge in [0.05, 0.1) is 23.1 Å². The fraction of sp³-hybridized carbons (Fsp3) is 0.533.